The Bertz CT molecular complexity index is 367. The zero-order chi connectivity index (χ0) is 14.4. The van der Waals surface area contributed by atoms with Gasteiger partial charge in [-0.2, -0.15) is 0 Å². The number of rotatable bonds is 7. The maximum absolute atomic E-state index is 6.75. The molecule has 2 saturated carbocycles. The van der Waals surface area contributed by atoms with Crippen LogP contribution in [0.4, 0.5) is 0 Å². The van der Waals surface area contributed by atoms with Crippen molar-refractivity contribution in [3.8, 4) is 0 Å². The zero-order valence-electron chi connectivity index (χ0n) is 13.2. The smallest absolute Gasteiger partial charge is 0.0691 e. The normalized spacial score (nSPS) is 40.2. The number of nitrogens with one attached hydrogen (secondary N) is 1. The Hall–Kier alpha value is -0.160. The van der Waals surface area contributed by atoms with Gasteiger partial charge in [-0.25, -0.2) is 0 Å². The summed E-state index contributed by atoms with van der Waals surface area (Å²) in [5.41, 5.74) is 7.22. The minimum Gasteiger partial charge on any atom is -0.385 e. The minimum atomic E-state index is -0.106. The highest BCUT2D eigenvalue weighted by atomic mass is 16.5. The van der Waals surface area contributed by atoms with Gasteiger partial charge < -0.3 is 20.5 Å². The standard InChI is InChI=1S/C16H30N2O2/c1-14(2)13-12(4-8-20-13)16(14,17)11-18-10-15(5-6-15)7-9-19-3/h12-13,18H,4-11,17H2,1-3H3. The molecule has 0 aromatic carbocycles. The molecule has 4 nitrogen and oxygen atoms in total. The Morgan fingerprint density at radius 1 is 1.30 bits per heavy atom. The summed E-state index contributed by atoms with van der Waals surface area (Å²) in [6.07, 6.45) is 5.34. The second-order valence-corrected chi connectivity index (χ2v) is 7.79. The SMILES string of the molecule is COCCC1(CNCC2(N)C3CCOC3C2(C)C)CC1. The fourth-order valence-corrected chi connectivity index (χ4v) is 4.38. The molecule has 0 amide bonds. The first kappa shape index (κ1) is 14.8. The molecule has 116 valence electrons. The topological polar surface area (TPSA) is 56.5 Å². The Labute approximate surface area is 122 Å². The molecule has 2 aliphatic carbocycles. The van der Waals surface area contributed by atoms with Crippen LogP contribution in [-0.4, -0.2) is 45.1 Å². The van der Waals surface area contributed by atoms with Crippen LogP contribution in [0.3, 0.4) is 0 Å². The first-order chi connectivity index (χ1) is 9.45. The zero-order valence-corrected chi connectivity index (χ0v) is 13.2. The Morgan fingerprint density at radius 3 is 2.70 bits per heavy atom. The third kappa shape index (κ3) is 2.12. The monoisotopic (exact) mass is 282 g/mol. The third-order valence-electron chi connectivity index (χ3n) is 6.38. The quantitative estimate of drug-likeness (QED) is 0.743. The van der Waals surface area contributed by atoms with Crippen LogP contribution in [0.15, 0.2) is 0 Å². The van der Waals surface area contributed by atoms with E-state index in [0.29, 0.717) is 17.4 Å². The summed E-state index contributed by atoms with van der Waals surface area (Å²) in [5, 5.41) is 3.67. The molecule has 0 aromatic heterocycles. The van der Waals surface area contributed by atoms with Crippen LogP contribution in [0.5, 0.6) is 0 Å². The molecule has 1 aliphatic heterocycles. The second-order valence-electron chi connectivity index (χ2n) is 7.79. The van der Waals surface area contributed by atoms with Gasteiger partial charge in [0.25, 0.3) is 0 Å². The first-order valence-electron chi connectivity index (χ1n) is 8.05. The van der Waals surface area contributed by atoms with Crippen molar-refractivity contribution in [3.05, 3.63) is 0 Å². The van der Waals surface area contributed by atoms with Gasteiger partial charge in [0.05, 0.1) is 6.10 Å². The molecule has 1 heterocycles. The van der Waals surface area contributed by atoms with Crippen molar-refractivity contribution >= 4 is 0 Å². The summed E-state index contributed by atoms with van der Waals surface area (Å²) in [7, 11) is 1.79. The van der Waals surface area contributed by atoms with Gasteiger partial charge in [0.15, 0.2) is 0 Å². The Morgan fingerprint density at radius 2 is 2.05 bits per heavy atom. The molecule has 0 radical (unpaired) electrons. The lowest BCUT2D eigenvalue weighted by atomic mass is 9.48. The Kier molecular flexibility index (Phi) is 3.65. The number of hydrogen-bond donors (Lipinski definition) is 2. The van der Waals surface area contributed by atoms with Crippen molar-refractivity contribution in [3.63, 3.8) is 0 Å². The number of methoxy groups -OCH3 is 1. The molecular weight excluding hydrogens is 252 g/mol. The predicted molar refractivity (Wildman–Crippen MR) is 79.6 cm³/mol. The molecule has 0 bridgehead atoms. The van der Waals surface area contributed by atoms with Crippen molar-refractivity contribution < 1.29 is 9.47 Å². The molecule has 1 saturated heterocycles. The minimum absolute atomic E-state index is 0.0877. The van der Waals surface area contributed by atoms with Crippen LogP contribution in [0, 0.1) is 16.7 Å². The average Bonchev–Trinajstić information content (AvgIpc) is 3.01. The van der Waals surface area contributed by atoms with Crippen LogP contribution in [0.25, 0.3) is 0 Å². The van der Waals surface area contributed by atoms with E-state index in [1.54, 1.807) is 7.11 Å². The van der Waals surface area contributed by atoms with Gasteiger partial charge in [-0.1, -0.05) is 13.8 Å². The Balaban J connectivity index is 1.51. The van der Waals surface area contributed by atoms with E-state index in [9.17, 15) is 0 Å². The van der Waals surface area contributed by atoms with Crippen LogP contribution in [0.2, 0.25) is 0 Å². The highest BCUT2D eigenvalue weighted by Gasteiger charge is 2.67. The highest BCUT2D eigenvalue weighted by Crippen LogP contribution is 2.58. The summed E-state index contributed by atoms with van der Waals surface area (Å²) in [5.74, 6) is 0.541. The number of fused-ring (bicyclic) bond motifs is 1. The molecule has 3 atom stereocenters. The fraction of sp³-hybridized carbons (Fsp3) is 1.00. The van der Waals surface area contributed by atoms with Gasteiger partial charge in [-0.05, 0) is 31.1 Å². The van der Waals surface area contributed by atoms with Crippen LogP contribution in [-0.2, 0) is 9.47 Å². The summed E-state index contributed by atoms with van der Waals surface area (Å²) >= 11 is 0. The molecule has 20 heavy (non-hydrogen) atoms. The van der Waals surface area contributed by atoms with Crippen LogP contribution >= 0.6 is 0 Å². The summed E-state index contributed by atoms with van der Waals surface area (Å²) in [6, 6.07) is 0. The van der Waals surface area contributed by atoms with Crippen molar-refractivity contribution in [2.45, 2.75) is 51.2 Å². The van der Waals surface area contributed by atoms with Gasteiger partial charge in [0.2, 0.25) is 0 Å². The lowest BCUT2D eigenvalue weighted by Gasteiger charge is -2.62. The van der Waals surface area contributed by atoms with Crippen molar-refractivity contribution in [2.24, 2.45) is 22.5 Å². The van der Waals surface area contributed by atoms with E-state index in [1.807, 2.05) is 0 Å². The summed E-state index contributed by atoms with van der Waals surface area (Å²) in [6.45, 7) is 8.29. The molecule has 4 heteroatoms. The molecule has 3 N–H and O–H groups in total. The van der Waals surface area contributed by atoms with E-state index in [1.165, 1.54) is 19.3 Å². The number of nitrogens with two attached hydrogens (primary N) is 1. The molecule has 3 unspecified atom stereocenters. The van der Waals surface area contributed by atoms with Crippen molar-refractivity contribution in [1.82, 2.24) is 5.32 Å². The fourth-order valence-electron chi connectivity index (χ4n) is 4.38. The molecule has 0 spiro atoms. The van der Waals surface area contributed by atoms with Gasteiger partial charge in [-0.3, -0.25) is 0 Å². The van der Waals surface area contributed by atoms with E-state index in [4.69, 9.17) is 15.2 Å². The van der Waals surface area contributed by atoms with Gasteiger partial charge in [0, 0.05) is 50.3 Å². The second kappa shape index (κ2) is 4.94. The predicted octanol–water partition coefficient (Wildman–Crippen LogP) is 1.54. The number of ether oxygens (including phenoxy) is 2. The first-order valence-corrected chi connectivity index (χ1v) is 8.05. The van der Waals surface area contributed by atoms with E-state index in [0.717, 1.165) is 32.7 Å². The average molecular weight is 282 g/mol. The van der Waals surface area contributed by atoms with Crippen molar-refractivity contribution in [2.75, 3.05) is 33.4 Å². The highest BCUT2D eigenvalue weighted by molar-refractivity contribution is 5.21. The molecule has 3 rings (SSSR count). The third-order valence-corrected chi connectivity index (χ3v) is 6.38. The van der Waals surface area contributed by atoms with Gasteiger partial charge in [0.1, 0.15) is 0 Å². The lowest BCUT2D eigenvalue weighted by Crippen LogP contribution is -2.78. The molecular formula is C16H30N2O2. The van der Waals surface area contributed by atoms with Crippen LogP contribution in [0.1, 0.15) is 39.5 Å². The van der Waals surface area contributed by atoms with Gasteiger partial charge in [-0.15, -0.1) is 0 Å². The summed E-state index contributed by atoms with van der Waals surface area (Å²) in [4.78, 5) is 0. The van der Waals surface area contributed by atoms with Crippen LogP contribution < -0.4 is 11.1 Å². The number of hydrogen-bond acceptors (Lipinski definition) is 4. The van der Waals surface area contributed by atoms with Gasteiger partial charge >= 0.3 is 0 Å². The maximum Gasteiger partial charge on any atom is 0.0691 e. The van der Waals surface area contributed by atoms with E-state index in [2.05, 4.69) is 19.2 Å². The van der Waals surface area contributed by atoms with E-state index >= 15 is 0 Å². The molecule has 0 aromatic rings. The van der Waals surface area contributed by atoms with E-state index in [-0.39, 0.29) is 11.0 Å². The van der Waals surface area contributed by atoms with Crippen molar-refractivity contribution in [1.29, 1.82) is 0 Å². The lowest BCUT2D eigenvalue weighted by molar-refractivity contribution is -0.153. The maximum atomic E-state index is 6.75. The largest absolute Gasteiger partial charge is 0.385 e. The molecule has 3 fully saturated rings. The van der Waals surface area contributed by atoms with E-state index < -0.39 is 0 Å². The summed E-state index contributed by atoms with van der Waals surface area (Å²) < 4.78 is 11.1. The molecule has 3 aliphatic rings.